The summed E-state index contributed by atoms with van der Waals surface area (Å²) in [5.41, 5.74) is 0. The maximum Gasteiger partial charge on any atom is 0.225 e. The molecule has 150 valence electrons. The van der Waals surface area contributed by atoms with Gasteiger partial charge in [0, 0.05) is 26.1 Å². The highest BCUT2D eigenvalue weighted by molar-refractivity contribution is 5.89. The lowest BCUT2D eigenvalue weighted by Gasteiger charge is -2.16. The molecule has 1 aliphatic heterocycles. The van der Waals surface area contributed by atoms with Gasteiger partial charge in [-0.05, 0) is 12.8 Å². The summed E-state index contributed by atoms with van der Waals surface area (Å²) in [6.45, 7) is 14.5. The van der Waals surface area contributed by atoms with Crippen LogP contribution < -0.4 is 5.32 Å². The van der Waals surface area contributed by atoms with E-state index in [0.717, 1.165) is 38.8 Å². The first-order valence-electron chi connectivity index (χ1n) is 10.7. The van der Waals surface area contributed by atoms with Gasteiger partial charge in [-0.25, -0.2) is 0 Å². The summed E-state index contributed by atoms with van der Waals surface area (Å²) in [6, 6.07) is 0. The molecule has 4 nitrogen and oxygen atoms in total. The smallest absolute Gasteiger partial charge is 0.225 e. The van der Waals surface area contributed by atoms with Crippen LogP contribution in [-0.2, 0) is 9.59 Å². The van der Waals surface area contributed by atoms with Crippen molar-refractivity contribution in [3.8, 4) is 0 Å². The Morgan fingerprint density at radius 1 is 0.960 bits per heavy atom. The number of rotatable bonds is 11. The van der Waals surface area contributed by atoms with Gasteiger partial charge in [0.1, 0.15) is 0 Å². The Labute approximate surface area is 157 Å². The molecule has 1 aliphatic rings. The predicted octanol–water partition coefficient (Wildman–Crippen LogP) is 5.16. The quantitative estimate of drug-likeness (QED) is 0.520. The summed E-state index contributed by atoms with van der Waals surface area (Å²) < 4.78 is 0. The molecule has 0 aliphatic carbocycles. The van der Waals surface area contributed by atoms with E-state index in [1.165, 1.54) is 25.7 Å². The van der Waals surface area contributed by atoms with Gasteiger partial charge < -0.3 is 10.2 Å². The molecule has 0 aromatic rings. The van der Waals surface area contributed by atoms with E-state index in [1.54, 1.807) is 0 Å². The fourth-order valence-electron chi connectivity index (χ4n) is 2.80. The van der Waals surface area contributed by atoms with Gasteiger partial charge in [-0.3, -0.25) is 9.59 Å². The molecule has 1 N–H and O–H groups in total. The van der Waals surface area contributed by atoms with Crippen molar-refractivity contribution in [2.24, 2.45) is 5.92 Å². The molecule has 0 aromatic carbocycles. The van der Waals surface area contributed by atoms with E-state index < -0.39 is 0 Å². The number of hydrogen-bond acceptors (Lipinski definition) is 2. The Morgan fingerprint density at radius 3 is 2.12 bits per heavy atom. The Kier molecular flexibility index (Phi) is 20.2. The molecule has 1 atom stereocenters. The summed E-state index contributed by atoms with van der Waals surface area (Å²) in [5.74, 6) is 0.0851. The molecule has 0 radical (unpaired) electrons. The molecule has 0 aromatic heterocycles. The zero-order chi connectivity index (χ0) is 19.5. The highest BCUT2D eigenvalue weighted by atomic mass is 16.2. The first-order valence-corrected chi connectivity index (χ1v) is 10.7. The van der Waals surface area contributed by atoms with Crippen LogP contribution in [0.25, 0.3) is 0 Å². The van der Waals surface area contributed by atoms with Crippen molar-refractivity contribution in [3.63, 3.8) is 0 Å². The number of carbonyl (C=O) groups is 2. The third kappa shape index (κ3) is 12.9. The van der Waals surface area contributed by atoms with Crippen molar-refractivity contribution in [3.05, 3.63) is 0 Å². The zero-order valence-corrected chi connectivity index (χ0v) is 17.8. The molecule has 2 amide bonds. The van der Waals surface area contributed by atoms with Gasteiger partial charge in [-0.15, -0.1) is 0 Å². The van der Waals surface area contributed by atoms with Crippen LogP contribution in [0.4, 0.5) is 0 Å². The van der Waals surface area contributed by atoms with Gasteiger partial charge in [0.15, 0.2) is 0 Å². The molecule has 1 fully saturated rings. The molecular formula is C21H44N2O2. The second-order valence-corrected chi connectivity index (χ2v) is 6.15. The SMILES string of the molecule is CC.CC.CCCCCCCN1CC(C(=O)NCCCCC)CC1=O. The van der Waals surface area contributed by atoms with Crippen LogP contribution >= 0.6 is 0 Å². The molecule has 4 heteroatoms. The van der Waals surface area contributed by atoms with E-state index in [-0.39, 0.29) is 17.7 Å². The minimum Gasteiger partial charge on any atom is -0.356 e. The van der Waals surface area contributed by atoms with Crippen LogP contribution in [0.15, 0.2) is 0 Å². The summed E-state index contributed by atoms with van der Waals surface area (Å²) in [7, 11) is 0. The largest absolute Gasteiger partial charge is 0.356 e. The van der Waals surface area contributed by atoms with E-state index in [9.17, 15) is 9.59 Å². The maximum absolute atomic E-state index is 12.0. The third-order valence-electron chi connectivity index (χ3n) is 4.20. The lowest BCUT2D eigenvalue weighted by Crippen LogP contribution is -2.33. The molecule has 1 saturated heterocycles. The van der Waals surface area contributed by atoms with Crippen molar-refractivity contribution < 1.29 is 9.59 Å². The molecule has 1 rings (SSSR count). The van der Waals surface area contributed by atoms with E-state index in [2.05, 4.69) is 19.2 Å². The number of likely N-dealkylation sites (tertiary alicyclic amines) is 1. The number of nitrogens with one attached hydrogen (secondary N) is 1. The van der Waals surface area contributed by atoms with Gasteiger partial charge in [-0.2, -0.15) is 0 Å². The summed E-state index contributed by atoms with van der Waals surface area (Å²) in [5, 5.41) is 2.97. The number of amides is 2. The maximum atomic E-state index is 12.0. The first-order chi connectivity index (χ1) is 12.2. The van der Waals surface area contributed by atoms with E-state index in [4.69, 9.17) is 0 Å². The second-order valence-electron chi connectivity index (χ2n) is 6.15. The van der Waals surface area contributed by atoms with Gasteiger partial charge in [-0.1, -0.05) is 80.1 Å². The standard InChI is InChI=1S/C17H32N2O2.2C2H6/c1-3-5-7-8-10-12-19-14-15(13-16(19)20)17(21)18-11-9-6-4-2;2*1-2/h15H,3-14H2,1-2H3,(H,18,21);2*1-2H3. The van der Waals surface area contributed by atoms with Crippen molar-refractivity contribution in [1.82, 2.24) is 10.2 Å². The topological polar surface area (TPSA) is 49.4 Å². The molecule has 1 unspecified atom stereocenters. The molecule has 0 saturated carbocycles. The predicted molar refractivity (Wildman–Crippen MR) is 109 cm³/mol. The Morgan fingerprint density at radius 2 is 1.52 bits per heavy atom. The highest BCUT2D eigenvalue weighted by Crippen LogP contribution is 2.19. The first kappa shape index (κ1) is 26.2. The highest BCUT2D eigenvalue weighted by Gasteiger charge is 2.33. The van der Waals surface area contributed by atoms with Crippen molar-refractivity contribution in [2.45, 2.75) is 99.3 Å². The monoisotopic (exact) mass is 356 g/mol. The van der Waals surface area contributed by atoms with Gasteiger partial charge in [0.25, 0.3) is 0 Å². The van der Waals surface area contributed by atoms with Crippen LogP contribution in [0.5, 0.6) is 0 Å². The minimum absolute atomic E-state index is 0.0629. The Bertz CT molecular complexity index is 319. The zero-order valence-electron chi connectivity index (χ0n) is 17.8. The van der Waals surface area contributed by atoms with Crippen LogP contribution in [-0.4, -0.2) is 36.3 Å². The van der Waals surface area contributed by atoms with Gasteiger partial charge in [0.05, 0.1) is 5.92 Å². The molecular weight excluding hydrogens is 312 g/mol. The number of carbonyl (C=O) groups excluding carboxylic acids is 2. The van der Waals surface area contributed by atoms with Crippen LogP contribution in [0.3, 0.4) is 0 Å². The number of hydrogen-bond donors (Lipinski definition) is 1. The van der Waals surface area contributed by atoms with Crippen LogP contribution in [0.2, 0.25) is 0 Å². The average Bonchev–Trinajstić information content (AvgIpc) is 3.03. The van der Waals surface area contributed by atoms with Gasteiger partial charge >= 0.3 is 0 Å². The normalized spacial score (nSPS) is 15.8. The average molecular weight is 357 g/mol. The fourth-order valence-corrected chi connectivity index (χ4v) is 2.80. The van der Waals surface area contributed by atoms with Crippen molar-refractivity contribution in [2.75, 3.05) is 19.6 Å². The van der Waals surface area contributed by atoms with E-state index in [0.29, 0.717) is 13.0 Å². The molecule has 25 heavy (non-hydrogen) atoms. The molecule has 0 bridgehead atoms. The van der Waals surface area contributed by atoms with E-state index >= 15 is 0 Å². The van der Waals surface area contributed by atoms with Crippen LogP contribution in [0, 0.1) is 5.92 Å². The third-order valence-corrected chi connectivity index (χ3v) is 4.20. The van der Waals surface area contributed by atoms with E-state index in [1.807, 2.05) is 32.6 Å². The lowest BCUT2D eigenvalue weighted by molar-refractivity contribution is -0.129. The Balaban J connectivity index is 0. The summed E-state index contributed by atoms with van der Waals surface area (Å²) in [4.78, 5) is 25.8. The number of unbranched alkanes of at least 4 members (excludes halogenated alkanes) is 6. The van der Waals surface area contributed by atoms with Gasteiger partial charge in [0.2, 0.25) is 11.8 Å². The summed E-state index contributed by atoms with van der Waals surface area (Å²) in [6.07, 6.45) is 9.75. The number of nitrogens with zero attached hydrogens (tertiary/aromatic N) is 1. The van der Waals surface area contributed by atoms with Crippen LogP contribution in [0.1, 0.15) is 99.3 Å². The Hall–Kier alpha value is -1.06. The second kappa shape index (κ2) is 19.3. The fraction of sp³-hybridized carbons (Fsp3) is 0.905. The molecule has 0 spiro atoms. The summed E-state index contributed by atoms with van der Waals surface area (Å²) >= 11 is 0. The molecule has 1 heterocycles. The van der Waals surface area contributed by atoms with Crippen molar-refractivity contribution >= 4 is 11.8 Å². The van der Waals surface area contributed by atoms with Crippen molar-refractivity contribution in [1.29, 1.82) is 0 Å². The lowest BCUT2D eigenvalue weighted by atomic mass is 10.1. The minimum atomic E-state index is -0.130.